The monoisotopic (exact) mass is 528 g/mol. The third kappa shape index (κ3) is 5.00. The Morgan fingerprint density at radius 3 is 2.92 bits per heavy atom. The summed E-state index contributed by atoms with van der Waals surface area (Å²) in [6.45, 7) is 2.32. The molecule has 3 aromatic heterocycles. The first-order valence-corrected chi connectivity index (χ1v) is 14.6. The van der Waals surface area contributed by atoms with Crippen molar-refractivity contribution in [1.29, 1.82) is 0 Å². The molecule has 0 radical (unpaired) electrons. The Labute approximate surface area is 212 Å². The van der Waals surface area contributed by atoms with Gasteiger partial charge < -0.3 is 20.4 Å². The highest BCUT2D eigenvalue weighted by Gasteiger charge is 2.29. The number of anilines is 2. The van der Waals surface area contributed by atoms with Crippen molar-refractivity contribution in [2.45, 2.75) is 32.6 Å². The Morgan fingerprint density at radius 1 is 1.31 bits per heavy atom. The lowest BCUT2D eigenvalue weighted by atomic mass is 9.86. The van der Waals surface area contributed by atoms with Crippen molar-refractivity contribution in [3.63, 3.8) is 0 Å². The van der Waals surface area contributed by atoms with E-state index in [4.69, 9.17) is 4.74 Å². The number of fused-ring (bicyclic) bond motifs is 4. The molecular weight excluding hydrogens is 500 g/mol. The summed E-state index contributed by atoms with van der Waals surface area (Å²) in [5.74, 6) is 1.12. The standard InChI is InChI=1S/C24H28N6O4S2/c1-13-28-18-10-19(34-2)17(11-20(18)35-13)30-23-21-15-9-14(24(31)25-7-4-8-36(3,32)33)5-6-16(15)29-22(21)26-12-27-23/h10-12,14H,4-9H2,1-3H3,(H,25,31)(H2,26,27,29,30)/t14-/m0/s1. The summed E-state index contributed by atoms with van der Waals surface area (Å²) >= 11 is 1.61. The van der Waals surface area contributed by atoms with Gasteiger partial charge in [-0.05, 0) is 44.2 Å². The summed E-state index contributed by atoms with van der Waals surface area (Å²) in [7, 11) is -1.42. The quantitative estimate of drug-likeness (QED) is 0.296. The minimum Gasteiger partial charge on any atom is -0.494 e. The zero-order chi connectivity index (χ0) is 25.4. The predicted octanol–water partition coefficient (Wildman–Crippen LogP) is 3.28. The fourth-order valence-electron chi connectivity index (χ4n) is 4.71. The highest BCUT2D eigenvalue weighted by molar-refractivity contribution is 7.90. The number of H-pyrrole nitrogens is 1. The number of carbonyl (C=O) groups excluding carboxylic acids is 1. The van der Waals surface area contributed by atoms with Gasteiger partial charge in [-0.15, -0.1) is 11.3 Å². The number of rotatable bonds is 8. The molecule has 0 fully saturated rings. The van der Waals surface area contributed by atoms with Crippen LogP contribution in [0.5, 0.6) is 5.75 Å². The van der Waals surface area contributed by atoms with Crippen LogP contribution in [-0.2, 0) is 27.5 Å². The molecule has 1 aliphatic rings. The molecule has 0 unspecified atom stereocenters. The lowest BCUT2D eigenvalue weighted by Crippen LogP contribution is -2.35. The van der Waals surface area contributed by atoms with Crippen molar-refractivity contribution in [3.8, 4) is 5.75 Å². The van der Waals surface area contributed by atoms with Crippen LogP contribution >= 0.6 is 11.3 Å². The maximum absolute atomic E-state index is 12.8. The zero-order valence-corrected chi connectivity index (χ0v) is 22.0. The molecule has 4 aromatic rings. The van der Waals surface area contributed by atoms with Gasteiger partial charge in [0.1, 0.15) is 33.4 Å². The number of aromatic nitrogens is 4. The molecule has 36 heavy (non-hydrogen) atoms. The maximum atomic E-state index is 12.8. The largest absolute Gasteiger partial charge is 0.494 e. The van der Waals surface area contributed by atoms with E-state index in [1.54, 1.807) is 18.4 Å². The van der Waals surface area contributed by atoms with Crippen LogP contribution in [0.25, 0.3) is 21.3 Å². The average molecular weight is 529 g/mol. The van der Waals surface area contributed by atoms with E-state index in [0.717, 1.165) is 49.6 Å². The number of aryl methyl sites for hydroxylation is 2. The number of sulfone groups is 1. The van der Waals surface area contributed by atoms with Crippen molar-refractivity contribution in [2.24, 2.45) is 5.92 Å². The number of amides is 1. The first-order valence-electron chi connectivity index (χ1n) is 11.7. The third-order valence-electron chi connectivity index (χ3n) is 6.41. The Kier molecular flexibility index (Phi) is 6.56. The Morgan fingerprint density at radius 2 is 2.14 bits per heavy atom. The molecule has 0 spiro atoms. The molecule has 10 nitrogen and oxygen atoms in total. The minimum absolute atomic E-state index is 0.0532. The number of benzene rings is 1. The van der Waals surface area contributed by atoms with E-state index >= 15 is 0 Å². The number of nitrogens with zero attached hydrogens (tertiary/aromatic N) is 3. The lowest BCUT2D eigenvalue weighted by molar-refractivity contribution is -0.125. The topological polar surface area (TPSA) is 139 Å². The summed E-state index contributed by atoms with van der Waals surface area (Å²) in [5.41, 5.74) is 4.48. The number of methoxy groups -OCH3 is 1. The highest BCUT2D eigenvalue weighted by Crippen LogP contribution is 2.38. The summed E-state index contributed by atoms with van der Waals surface area (Å²) in [4.78, 5) is 29.7. The van der Waals surface area contributed by atoms with Crippen LogP contribution in [0, 0.1) is 12.8 Å². The molecule has 0 bridgehead atoms. The molecular formula is C24H28N6O4S2. The fourth-order valence-corrected chi connectivity index (χ4v) is 6.23. The number of nitrogens with one attached hydrogen (secondary N) is 3. The highest BCUT2D eigenvalue weighted by atomic mass is 32.2. The Balaban J connectivity index is 1.40. The molecule has 0 saturated carbocycles. The molecule has 1 aliphatic carbocycles. The van der Waals surface area contributed by atoms with Crippen molar-refractivity contribution >= 4 is 59.8 Å². The molecule has 0 aliphatic heterocycles. The van der Waals surface area contributed by atoms with Gasteiger partial charge in [0, 0.05) is 30.5 Å². The Bertz CT molecular complexity index is 1560. The SMILES string of the molecule is COc1cc2nc(C)sc2cc1Nc1ncnc2[nH]c3c(c12)C[C@@H](C(=O)NCCCS(C)(=O)=O)CC3. The molecule has 190 valence electrons. The second-order valence-electron chi connectivity index (χ2n) is 9.12. The van der Waals surface area contributed by atoms with Gasteiger partial charge >= 0.3 is 0 Å². The second-order valence-corrected chi connectivity index (χ2v) is 12.6. The Hall–Kier alpha value is -3.25. The average Bonchev–Trinajstić information content (AvgIpc) is 3.39. The summed E-state index contributed by atoms with van der Waals surface area (Å²) in [5, 5.41) is 8.18. The second kappa shape index (κ2) is 9.66. The first kappa shape index (κ1) is 24.4. The lowest BCUT2D eigenvalue weighted by Gasteiger charge is -2.22. The van der Waals surface area contributed by atoms with Gasteiger partial charge in [-0.3, -0.25) is 4.79 Å². The van der Waals surface area contributed by atoms with Crippen molar-refractivity contribution in [2.75, 3.05) is 31.0 Å². The molecule has 3 heterocycles. The summed E-state index contributed by atoms with van der Waals surface area (Å²) in [6.07, 6.45) is 5.11. The molecule has 1 aromatic carbocycles. The van der Waals surface area contributed by atoms with E-state index in [2.05, 4.69) is 30.6 Å². The van der Waals surface area contributed by atoms with E-state index in [9.17, 15) is 13.2 Å². The van der Waals surface area contributed by atoms with Crippen LogP contribution in [0.3, 0.4) is 0 Å². The van der Waals surface area contributed by atoms with Crippen LogP contribution < -0.4 is 15.4 Å². The van der Waals surface area contributed by atoms with Crippen LogP contribution in [0.4, 0.5) is 11.5 Å². The fraction of sp³-hybridized carbons (Fsp3) is 0.417. The number of hydrogen-bond donors (Lipinski definition) is 3. The molecule has 5 rings (SSSR count). The van der Waals surface area contributed by atoms with Crippen LogP contribution in [0.2, 0.25) is 0 Å². The number of carbonyl (C=O) groups is 1. The third-order valence-corrected chi connectivity index (χ3v) is 8.37. The van der Waals surface area contributed by atoms with Gasteiger partial charge in [0.25, 0.3) is 0 Å². The van der Waals surface area contributed by atoms with E-state index in [1.807, 2.05) is 19.1 Å². The molecule has 3 N–H and O–H groups in total. The molecule has 1 amide bonds. The van der Waals surface area contributed by atoms with E-state index in [0.29, 0.717) is 37.4 Å². The van der Waals surface area contributed by atoms with Crippen molar-refractivity contribution in [3.05, 3.63) is 34.7 Å². The molecule has 1 atom stereocenters. The number of ether oxygens (including phenoxy) is 1. The molecule has 0 saturated heterocycles. The van der Waals surface area contributed by atoms with Gasteiger partial charge in [-0.1, -0.05) is 0 Å². The van der Waals surface area contributed by atoms with E-state index < -0.39 is 9.84 Å². The smallest absolute Gasteiger partial charge is 0.223 e. The molecule has 12 heteroatoms. The van der Waals surface area contributed by atoms with E-state index in [-0.39, 0.29) is 17.6 Å². The van der Waals surface area contributed by atoms with Crippen molar-refractivity contribution in [1.82, 2.24) is 25.3 Å². The van der Waals surface area contributed by atoms with Gasteiger partial charge in [0.15, 0.2) is 0 Å². The normalized spacial score (nSPS) is 15.7. The van der Waals surface area contributed by atoms with Gasteiger partial charge in [-0.25, -0.2) is 23.4 Å². The first-order chi connectivity index (χ1) is 17.2. The van der Waals surface area contributed by atoms with Gasteiger partial charge in [0.2, 0.25) is 5.91 Å². The van der Waals surface area contributed by atoms with Gasteiger partial charge in [0.05, 0.1) is 39.2 Å². The van der Waals surface area contributed by atoms with Crippen LogP contribution in [-0.4, -0.2) is 59.9 Å². The maximum Gasteiger partial charge on any atom is 0.223 e. The predicted molar refractivity (Wildman–Crippen MR) is 141 cm³/mol. The zero-order valence-electron chi connectivity index (χ0n) is 20.3. The van der Waals surface area contributed by atoms with Crippen LogP contribution in [0.1, 0.15) is 29.1 Å². The number of aromatic amines is 1. The number of thiazole rings is 1. The van der Waals surface area contributed by atoms with Crippen molar-refractivity contribution < 1.29 is 17.9 Å². The minimum atomic E-state index is -3.04. The number of hydrogen-bond acceptors (Lipinski definition) is 9. The summed E-state index contributed by atoms with van der Waals surface area (Å²) in [6, 6.07) is 3.93. The van der Waals surface area contributed by atoms with E-state index in [1.165, 1.54) is 12.6 Å². The van der Waals surface area contributed by atoms with Crippen LogP contribution in [0.15, 0.2) is 18.5 Å². The van der Waals surface area contributed by atoms with Gasteiger partial charge in [-0.2, -0.15) is 0 Å². The summed E-state index contributed by atoms with van der Waals surface area (Å²) < 4.78 is 29.3.